The average Bonchev–Trinajstić information content (AvgIpc) is 2.38. The van der Waals surface area contributed by atoms with Gasteiger partial charge in [0.25, 0.3) is 0 Å². The van der Waals surface area contributed by atoms with Gasteiger partial charge in [0.2, 0.25) is 0 Å². The van der Waals surface area contributed by atoms with Gasteiger partial charge in [-0.25, -0.2) is 4.98 Å². The normalized spacial score (nSPS) is 10.1. The summed E-state index contributed by atoms with van der Waals surface area (Å²) < 4.78 is 5.14. The van der Waals surface area contributed by atoms with Crippen LogP contribution < -0.4 is 10.1 Å². The number of benzene rings is 1. The van der Waals surface area contributed by atoms with E-state index in [1.54, 1.807) is 43.6 Å². The van der Waals surface area contributed by atoms with Crippen LogP contribution in [0.25, 0.3) is 0 Å². The predicted octanol–water partition coefficient (Wildman–Crippen LogP) is 3.69. The minimum Gasteiger partial charge on any atom is -0.497 e. The molecule has 1 aromatic carbocycles. The lowest BCUT2D eigenvalue weighted by Crippen LogP contribution is -2.02. The van der Waals surface area contributed by atoms with Crippen LogP contribution in [0.1, 0.15) is 17.3 Å². The molecule has 0 fully saturated rings. The minimum absolute atomic E-state index is 0.0513. The number of hydrogen-bond acceptors (Lipinski definition) is 4. The third-order valence-corrected chi connectivity index (χ3v) is 2.77. The summed E-state index contributed by atoms with van der Waals surface area (Å²) in [6.45, 7) is 1.50. The molecule has 2 rings (SSSR count). The summed E-state index contributed by atoms with van der Waals surface area (Å²) in [5.74, 6) is 1.08. The fraction of sp³-hybridized carbons (Fsp3) is 0.143. The lowest BCUT2D eigenvalue weighted by Gasteiger charge is -2.10. The second-order valence-electron chi connectivity index (χ2n) is 3.96. The minimum atomic E-state index is -0.0513. The zero-order valence-electron chi connectivity index (χ0n) is 10.6. The number of hydrogen-bond donors (Lipinski definition) is 1. The summed E-state index contributed by atoms with van der Waals surface area (Å²) in [6, 6.07) is 8.67. The average molecular weight is 277 g/mol. The molecular formula is C14H13ClN2O2. The largest absolute Gasteiger partial charge is 0.497 e. The first-order valence-corrected chi connectivity index (χ1v) is 6.05. The molecule has 4 nitrogen and oxygen atoms in total. The lowest BCUT2D eigenvalue weighted by atomic mass is 10.2. The number of anilines is 2. The van der Waals surface area contributed by atoms with Gasteiger partial charge in [0, 0.05) is 23.0 Å². The third kappa shape index (κ3) is 3.23. The summed E-state index contributed by atoms with van der Waals surface area (Å²) >= 11 is 5.99. The van der Waals surface area contributed by atoms with Crippen molar-refractivity contribution in [1.29, 1.82) is 0 Å². The van der Waals surface area contributed by atoms with Crippen LogP contribution in [0.5, 0.6) is 5.75 Å². The first-order valence-electron chi connectivity index (χ1n) is 5.67. The highest BCUT2D eigenvalue weighted by atomic mass is 35.5. The number of nitrogens with zero attached hydrogens (tertiary/aromatic N) is 1. The fourth-order valence-electron chi connectivity index (χ4n) is 1.68. The van der Waals surface area contributed by atoms with Gasteiger partial charge >= 0.3 is 0 Å². The van der Waals surface area contributed by atoms with Crippen molar-refractivity contribution >= 4 is 28.9 Å². The van der Waals surface area contributed by atoms with Gasteiger partial charge in [0.1, 0.15) is 11.6 Å². The molecule has 0 atom stereocenters. The van der Waals surface area contributed by atoms with Gasteiger partial charge in [-0.2, -0.15) is 0 Å². The summed E-state index contributed by atoms with van der Waals surface area (Å²) in [5, 5.41) is 3.62. The molecule has 98 valence electrons. The first kappa shape index (κ1) is 13.4. The van der Waals surface area contributed by atoms with Gasteiger partial charge in [0.15, 0.2) is 5.78 Å². The molecule has 1 aromatic heterocycles. The number of halogens is 1. The Hall–Kier alpha value is -2.07. The Kier molecular flexibility index (Phi) is 4.02. The van der Waals surface area contributed by atoms with E-state index in [4.69, 9.17) is 16.3 Å². The van der Waals surface area contributed by atoms with E-state index in [2.05, 4.69) is 10.3 Å². The molecule has 0 spiro atoms. The molecule has 0 radical (unpaired) electrons. The monoisotopic (exact) mass is 276 g/mol. The molecule has 1 heterocycles. The zero-order valence-corrected chi connectivity index (χ0v) is 11.4. The van der Waals surface area contributed by atoms with Crippen LogP contribution >= 0.6 is 11.6 Å². The molecule has 0 aliphatic rings. The SMILES string of the molecule is COc1cc(Cl)cc(Nc2ncccc2C(C)=O)c1. The highest BCUT2D eigenvalue weighted by Gasteiger charge is 2.09. The molecule has 0 saturated heterocycles. The van der Waals surface area contributed by atoms with E-state index < -0.39 is 0 Å². The molecule has 1 N–H and O–H groups in total. The number of ether oxygens (including phenoxy) is 1. The Morgan fingerprint density at radius 3 is 2.84 bits per heavy atom. The molecule has 0 unspecified atom stereocenters. The number of nitrogens with one attached hydrogen (secondary N) is 1. The van der Waals surface area contributed by atoms with Gasteiger partial charge in [-0.1, -0.05) is 11.6 Å². The van der Waals surface area contributed by atoms with Crippen molar-refractivity contribution in [3.8, 4) is 5.75 Å². The predicted molar refractivity (Wildman–Crippen MR) is 75.5 cm³/mol. The maximum absolute atomic E-state index is 11.5. The number of rotatable bonds is 4. The molecule has 0 aliphatic carbocycles. The quantitative estimate of drug-likeness (QED) is 0.865. The van der Waals surface area contributed by atoms with Crippen molar-refractivity contribution in [2.45, 2.75) is 6.92 Å². The highest BCUT2D eigenvalue weighted by Crippen LogP contribution is 2.27. The Morgan fingerprint density at radius 2 is 2.16 bits per heavy atom. The molecule has 0 amide bonds. The molecule has 5 heteroatoms. The van der Waals surface area contributed by atoms with Gasteiger partial charge in [-0.05, 0) is 31.2 Å². The molecule has 0 saturated carbocycles. The summed E-state index contributed by atoms with van der Waals surface area (Å²) in [7, 11) is 1.57. The van der Waals surface area contributed by atoms with Crippen molar-refractivity contribution in [3.05, 3.63) is 47.1 Å². The van der Waals surface area contributed by atoms with Gasteiger partial charge in [0.05, 0.1) is 12.7 Å². The van der Waals surface area contributed by atoms with E-state index in [1.807, 2.05) is 0 Å². The van der Waals surface area contributed by atoms with E-state index in [0.717, 1.165) is 0 Å². The number of Topliss-reactive ketones (excluding diaryl/α,β-unsaturated/α-hetero) is 1. The number of methoxy groups -OCH3 is 1. The van der Waals surface area contributed by atoms with Crippen molar-refractivity contribution < 1.29 is 9.53 Å². The van der Waals surface area contributed by atoms with Crippen LogP contribution in [0, 0.1) is 0 Å². The summed E-state index contributed by atoms with van der Waals surface area (Å²) in [4.78, 5) is 15.7. The van der Waals surface area contributed by atoms with Crippen LogP contribution in [-0.2, 0) is 0 Å². The number of ketones is 1. The van der Waals surface area contributed by atoms with Crippen LogP contribution in [0.4, 0.5) is 11.5 Å². The third-order valence-electron chi connectivity index (χ3n) is 2.56. The Labute approximate surface area is 116 Å². The van der Waals surface area contributed by atoms with Crippen molar-refractivity contribution in [1.82, 2.24) is 4.98 Å². The van der Waals surface area contributed by atoms with E-state index in [1.165, 1.54) is 6.92 Å². The zero-order chi connectivity index (χ0) is 13.8. The Bertz CT molecular complexity index is 614. The van der Waals surface area contributed by atoms with Gasteiger partial charge < -0.3 is 10.1 Å². The van der Waals surface area contributed by atoms with Crippen molar-refractivity contribution in [3.63, 3.8) is 0 Å². The standard InChI is InChI=1S/C14H13ClN2O2/c1-9(18)13-4-3-5-16-14(13)17-11-6-10(15)7-12(8-11)19-2/h3-8H,1-2H3,(H,16,17). The molecule has 0 aliphatic heterocycles. The fourth-order valence-corrected chi connectivity index (χ4v) is 1.90. The van der Waals surface area contributed by atoms with E-state index in [9.17, 15) is 4.79 Å². The number of aromatic nitrogens is 1. The second-order valence-corrected chi connectivity index (χ2v) is 4.40. The van der Waals surface area contributed by atoms with Crippen LogP contribution in [0.15, 0.2) is 36.5 Å². The topological polar surface area (TPSA) is 51.2 Å². The first-order chi connectivity index (χ1) is 9.10. The Balaban J connectivity index is 2.36. The summed E-state index contributed by atoms with van der Waals surface area (Å²) in [6.07, 6.45) is 1.62. The van der Waals surface area contributed by atoms with Gasteiger partial charge in [-0.3, -0.25) is 4.79 Å². The Morgan fingerprint density at radius 1 is 1.37 bits per heavy atom. The van der Waals surface area contributed by atoms with Crippen molar-refractivity contribution in [2.24, 2.45) is 0 Å². The van der Waals surface area contributed by atoms with Crippen LogP contribution in [-0.4, -0.2) is 17.9 Å². The van der Waals surface area contributed by atoms with Crippen LogP contribution in [0.2, 0.25) is 5.02 Å². The van der Waals surface area contributed by atoms with E-state index in [-0.39, 0.29) is 5.78 Å². The molecular weight excluding hydrogens is 264 g/mol. The van der Waals surface area contributed by atoms with Gasteiger partial charge in [-0.15, -0.1) is 0 Å². The molecule has 0 bridgehead atoms. The molecule has 2 aromatic rings. The van der Waals surface area contributed by atoms with E-state index in [0.29, 0.717) is 27.8 Å². The number of carbonyl (C=O) groups is 1. The summed E-state index contributed by atoms with van der Waals surface area (Å²) in [5.41, 5.74) is 1.24. The van der Waals surface area contributed by atoms with E-state index >= 15 is 0 Å². The van der Waals surface area contributed by atoms with Crippen molar-refractivity contribution in [2.75, 3.05) is 12.4 Å². The maximum Gasteiger partial charge on any atom is 0.163 e. The lowest BCUT2D eigenvalue weighted by molar-refractivity contribution is 0.101. The second kappa shape index (κ2) is 5.71. The number of pyridine rings is 1. The molecule has 19 heavy (non-hydrogen) atoms. The highest BCUT2D eigenvalue weighted by molar-refractivity contribution is 6.31. The maximum atomic E-state index is 11.5. The smallest absolute Gasteiger partial charge is 0.163 e. The number of carbonyl (C=O) groups excluding carboxylic acids is 1. The van der Waals surface area contributed by atoms with Crippen LogP contribution in [0.3, 0.4) is 0 Å².